The fraction of sp³-hybridized carbons (Fsp3) is 0.550. The predicted octanol–water partition coefficient (Wildman–Crippen LogP) is 3.39. The van der Waals surface area contributed by atoms with Gasteiger partial charge in [0.25, 0.3) is 0 Å². The molecule has 0 amide bonds. The maximum Gasteiger partial charge on any atom is 0.191 e. The Morgan fingerprint density at radius 1 is 1.23 bits per heavy atom. The third-order valence-corrected chi connectivity index (χ3v) is 4.31. The van der Waals surface area contributed by atoms with Crippen molar-refractivity contribution in [2.24, 2.45) is 10.4 Å². The molecule has 0 saturated carbocycles. The van der Waals surface area contributed by atoms with Crippen molar-refractivity contribution in [3.05, 3.63) is 35.5 Å². The highest BCUT2D eigenvalue weighted by Gasteiger charge is 2.19. The van der Waals surface area contributed by atoms with Crippen LogP contribution in [0.15, 0.2) is 29.4 Å². The van der Waals surface area contributed by atoms with Gasteiger partial charge in [-0.05, 0) is 50.0 Å². The minimum Gasteiger partial charge on any atom is -0.361 e. The summed E-state index contributed by atoms with van der Waals surface area (Å²) in [5, 5.41) is 8.17. The molecule has 0 fully saturated rings. The van der Waals surface area contributed by atoms with Crippen LogP contribution in [0, 0.1) is 12.3 Å². The second kappa shape index (κ2) is 10.2. The highest BCUT2D eigenvalue weighted by molar-refractivity contribution is 14.0. The molecule has 6 heteroatoms. The average Bonchev–Trinajstić information content (AvgIpc) is 2.91. The fourth-order valence-electron chi connectivity index (χ4n) is 3.28. The monoisotopic (exact) mass is 471 g/mol. The second-order valence-electron chi connectivity index (χ2n) is 7.87. The quantitative estimate of drug-likeness (QED) is 0.330. The zero-order chi connectivity index (χ0) is 18.4. The number of rotatable bonds is 7. The lowest BCUT2D eigenvalue weighted by molar-refractivity contribution is 0.241. The Morgan fingerprint density at radius 3 is 2.62 bits per heavy atom. The highest BCUT2D eigenvalue weighted by Crippen LogP contribution is 2.19. The van der Waals surface area contributed by atoms with E-state index < -0.39 is 0 Å². The number of halogens is 1. The van der Waals surface area contributed by atoms with Crippen LogP contribution in [0.1, 0.15) is 25.0 Å². The van der Waals surface area contributed by atoms with Crippen molar-refractivity contribution >= 4 is 40.8 Å². The van der Waals surface area contributed by atoms with Crippen LogP contribution < -0.4 is 10.6 Å². The number of nitrogens with one attached hydrogen (secondary N) is 3. The van der Waals surface area contributed by atoms with Gasteiger partial charge in [-0.25, -0.2) is 0 Å². The molecule has 0 aliphatic rings. The van der Waals surface area contributed by atoms with Crippen LogP contribution in [0.4, 0.5) is 0 Å². The number of aliphatic imine (C=N–C) groups is 1. The van der Waals surface area contributed by atoms with E-state index in [0.29, 0.717) is 0 Å². The van der Waals surface area contributed by atoms with Gasteiger partial charge in [-0.15, -0.1) is 24.0 Å². The molecular weight excluding hydrogens is 437 g/mol. The number of nitrogens with zero attached hydrogens (tertiary/aromatic N) is 2. The summed E-state index contributed by atoms with van der Waals surface area (Å²) in [5.74, 6) is 0.863. The number of H-pyrrole nitrogens is 1. The Labute approximate surface area is 175 Å². The molecule has 0 radical (unpaired) electrons. The predicted molar refractivity (Wildman–Crippen MR) is 124 cm³/mol. The van der Waals surface area contributed by atoms with Gasteiger partial charge in [-0.1, -0.05) is 26.0 Å². The molecule has 1 heterocycles. The Hall–Kier alpha value is -1.28. The molecule has 26 heavy (non-hydrogen) atoms. The Morgan fingerprint density at radius 2 is 1.96 bits per heavy atom. The normalized spacial score (nSPS) is 12.3. The number of aromatic nitrogens is 1. The first kappa shape index (κ1) is 22.8. The summed E-state index contributed by atoms with van der Waals surface area (Å²) >= 11 is 0. The molecule has 1 aromatic carbocycles. The zero-order valence-corrected chi connectivity index (χ0v) is 19.3. The number of guanidine groups is 1. The van der Waals surface area contributed by atoms with E-state index in [1.807, 2.05) is 7.05 Å². The van der Waals surface area contributed by atoms with Gasteiger partial charge < -0.3 is 20.5 Å². The lowest BCUT2D eigenvalue weighted by Crippen LogP contribution is -2.45. The van der Waals surface area contributed by atoms with E-state index in [0.717, 1.165) is 32.0 Å². The van der Waals surface area contributed by atoms with Gasteiger partial charge in [-0.2, -0.15) is 0 Å². The lowest BCUT2D eigenvalue weighted by Gasteiger charge is -2.29. The first-order valence-corrected chi connectivity index (χ1v) is 8.96. The summed E-state index contributed by atoms with van der Waals surface area (Å²) in [5.41, 5.74) is 4.02. The van der Waals surface area contributed by atoms with Crippen LogP contribution in [0.3, 0.4) is 0 Å². The fourth-order valence-corrected chi connectivity index (χ4v) is 3.28. The van der Waals surface area contributed by atoms with Crippen molar-refractivity contribution in [3.8, 4) is 0 Å². The van der Waals surface area contributed by atoms with Crippen molar-refractivity contribution < 1.29 is 0 Å². The first-order valence-electron chi connectivity index (χ1n) is 8.96. The van der Waals surface area contributed by atoms with Crippen molar-refractivity contribution in [1.82, 2.24) is 20.5 Å². The maximum atomic E-state index is 4.34. The van der Waals surface area contributed by atoms with Crippen LogP contribution in [0.25, 0.3) is 10.9 Å². The Kier molecular flexibility index (Phi) is 8.89. The molecule has 2 aromatic rings. The SMILES string of the molecule is CN=C(NCCc1c[nH]c2cc(C)ccc12)NCC(C)(C)CN(C)C.I. The third kappa shape index (κ3) is 6.79. The van der Waals surface area contributed by atoms with Crippen LogP contribution in [0.2, 0.25) is 0 Å². The topological polar surface area (TPSA) is 55.5 Å². The lowest BCUT2D eigenvalue weighted by atomic mass is 9.93. The molecule has 0 aliphatic carbocycles. The summed E-state index contributed by atoms with van der Waals surface area (Å²) in [7, 11) is 6.04. The van der Waals surface area contributed by atoms with Crippen molar-refractivity contribution in [1.29, 1.82) is 0 Å². The molecule has 0 bridgehead atoms. The molecule has 0 spiro atoms. The van der Waals surface area contributed by atoms with Crippen molar-refractivity contribution in [2.75, 3.05) is 40.8 Å². The largest absolute Gasteiger partial charge is 0.361 e. The smallest absolute Gasteiger partial charge is 0.191 e. The van der Waals surface area contributed by atoms with Gasteiger partial charge in [0.15, 0.2) is 5.96 Å². The van der Waals surface area contributed by atoms with Crippen molar-refractivity contribution in [2.45, 2.75) is 27.2 Å². The molecule has 2 rings (SSSR count). The minimum atomic E-state index is 0. The number of aryl methyl sites for hydroxylation is 1. The minimum absolute atomic E-state index is 0. The van der Waals surface area contributed by atoms with Gasteiger partial charge in [0.2, 0.25) is 0 Å². The first-order chi connectivity index (χ1) is 11.8. The summed E-state index contributed by atoms with van der Waals surface area (Å²) in [4.78, 5) is 9.92. The number of aromatic amines is 1. The van der Waals surface area contributed by atoms with Gasteiger partial charge in [0, 0.05) is 43.8 Å². The third-order valence-electron chi connectivity index (χ3n) is 4.31. The second-order valence-corrected chi connectivity index (χ2v) is 7.87. The van der Waals surface area contributed by atoms with E-state index >= 15 is 0 Å². The summed E-state index contributed by atoms with van der Waals surface area (Å²) in [6.07, 6.45) is 3.08. The number of fused-ring (bicyclic) bond motifs is 1. The van der Waals surface area contributed by atoms with Crippen LogP contribution in [0.5, 0.6) is 0 Å². The maximum absolute atomic E-state index is 4.34. The highest BCUT2D eigenvalue weighted by atomic mass is 127. The van der Waals surface area contributed by atoms with Crippen LogP contribution in [-0.2, 0) is 6.42 Å². The number of hydrogen-bond donors (Lipinski definition) is 3. The van der Waals surface area contributed by atoms with E-state index in [4.69, 9.17) is 0 Å². The van der Waals surface area contributed by atoms with Crippen LogP contribution in [-0.4, -0.2) is 56.6 Å². The van der Waals surface area contributed by atoms with Crippen LogP contribution >= 0.6 is 24.0 Å². The number of benzene rings is 1. The molecule has 0 saturated heterocycles. The molecule has 5 nitrogen and oxygen atoms in total. The van der Waals surface area contributed by atoms with Gasteiger partial charge in [-0.3, -0.25) is 4.99 Å². The number of hydrogen-bond acceptors (Lipinski definition) is 2. The summed E-state index contributed by atoms with van der Waals surface area (Å²) < 4.78 is 0. The van der Waals surface area contributed by atoms with E-state index in [9.17, 15) is 0 Å². The molecule has 3 N–H and O–H groups in total. The Bertz CT molecular complexity index is 718. The molecule has 0 aliphatic heterocycles. The van der Waals surface area contributed by atoms with Gasteiger partial charge >= 0.3 is 0 Å². The van der Waals surface area contributed by atoms with E-state index in [1.54, 1.807) is 0 Å². The summed E-state index contributed by atoms with van der Waals surface area (Å²) in [6, 6.07) is 6.56. The zero-order valence-electron chi connectivity index (χ0n) is 16.9. The Balaban J connectivity index is 0.00000338. The molecule has 0 atom stereocenters. The van der Waals surface area contributed by atoms with E-state index in [1.165, 1.54) is 22.0 Å². The standard InChI is InChI=1S/C20H33N5.HI/c1-15-7-8-17-16(12-23-18(17)11-15)9-10-22-19(21-4)24-13-20(2,3)14-25(5)6;/h7-8,11-12,23H,9-10,13-14H2,1-6H3,(H2,21,22,24);1H. The van der Waals surface area contributed by atoms with E-state index in [-0.39, 0.29) is 29.4 Å². The average molecular weight is 471 g/mol. The van der Waals surface area contributed by atoms with Crippen molar-refractivity contribution in [3.63, 3.8) is 0 Å². The molecule has 1 aromatic heterocycles. The van der Waals surface area contributed by atoms with Gasteiger partial charge in [0.05, 0.1) is 0 Å². The molecule has 0 unspecified atom stereocenters. The van der Waals surface area contributed by atoms with E-state index in [2.05, 4.69) is 84.8 Å². The molecule has 146 valence electrons. The molecular formula is C20H34IN5. The summed E-state index contributed by atoms with van der Waals surface area (Å²) in [6.45, 7) is 9.43. The van der Waals surface area contributed by atoms with Gasteiger partial charge in [0.1, 0.15) is 0 Å².